The Morgan fingerprint density at radius 2 is 2.44 bits per heavy atom. The van der Waals surface area contributed by atoms with E-state index in [1.165, 1.54) is 11.3 Å². The predicted molar refractivity (Wildman–Crippen MR) is 68.5 cm³/mol. The summed E-state index contributed by atoms with van der Waals surface area (Å²) in [6.07, 6.45) is 5.04. The third-order valence-corrected chi connectivity index (χ3v) is 2.87. The molecule has 4 nitrogen and oxygen atoms in total. The van der Waals surface area contributed by atoms with E-state index >= 15 is 0 Å². The van der Waals surface area contributed by atoms with Gasteiger partial charge in [0.1, 0.15) is 5.15 Å². The predicted octanol–water partition coefficient (Wildman–Crippen LogP) is 2.91. The van der Waals surface area contributed by atoms with Crippen LogP contribution in [-0.4, -0.2) is 16.2 Å². The van der Waals surface area contributed by atoms with Crippen molar-refractivity contribution < 1.29 is 0 Å². The minimum absolute atomic E-state index is 0.436. The van der Waals surface area contributed by atoms with Crippen LogP contribution in [0.15, 0.2) is 29.0 Å². The van der Waals surface area contributed by atoms with Gasteiger partial charge in [-0.3, -0.25) is 0 Å². The number of pyridine rings is 1. The Morgan fingerprint density at radius 3 is 3.19 bits per heavy atom. The lowest BCUT2D eigenvalue weighted by Crippen LogP contribution is -1.89. The van der Waals surface area contributed by atoms with E-state index in [-0.39, 0.29) is 0 Å². The molecule has 2 rings (SSSR count). The molecular weight excluding hydrogens is 244 g/mol. The Morgan fingerprint density at radius 1 is 1.62 bits per heavy atom. The number of fused-ring (bicyclic) bond motifs is 1. The van der Waals surface area contributed by atoms with E-state index in [1.807, 2.05) is 0 Å². The molecule has 2 heterocycles. The second kappa shape index (κ2) is 4.59. The lowest BCUT2D eigenvalue weighted by molar-refractivity contribution is 1.32. The van der Waals surface area contributed by atoms with Crippen molar-refractivity contribution in [3.05, 3.63) is 29.2 Å². The second-order valence-electron chi connectivity index (χ2n) is 3.16. The van der Waals surface area contributed by atoms with Crippen molar-refractivity contribution in [1.29, 1.82) is 0 Å². The van der Waals surface area contributed by atoms with Gasteiger partial charge in [-0.05, 0) is 13.0 Å². The van der Waals surface area contributed by atoms with Gasteiger partial charge in [0.05, 0.1) is 10.2 Å². The summed E-state index contributed by atoms with van der Waals surface area (Å²) in [7, 11) is 0. The topological polar surface area (TPSA) is 64.2 Å². The molecule has 2 N–H and O–H groups in total. The van der Waals surface area contributed by atoms with Crippen LogP contribution in [0.5, 0.6) is 0 Å². The monoisotopic (exact) mass is 252 g/mol. The number of thiazole rings is 1. The quantitative estimate of drug-likeness (QED) is 0.660. The maximum atomic E-state index is 5.76. The first-order valence-electron chi connectivity index (χ1n) is 4.53. The number of aliphatic imine (C=N–C) groups is 1. The zero-order chi connectivity index (χ0) is 11.5. The summed E-state index contributed by atoms with van der Waals surface area (Å²) in [6, 6.07) is 1.72. The van der Waals surface area contributed by atoms with E-state index in [4.69, 9.17) is 17.3 Å². The fourth-order valence-corrected chi connectivity index (χ4v) is 1.99. The van der Waals surface area contributed by atoms with E-state index in [0.29, 0.717) is 16.0 Å². The third kappa shape index (κ3) is 2.56. The minimum atomic E-state index is 0.436. The summed E-state index contributed by atoms with van der Waals surface area (Å²) in [6.45, 7) is 1.80. The zero-order valence-corrected chi connectivity index (χ0v) is 10.1. The molecule has 0 spiro atoms. The van der Waals surface area contributed by atoms with Crippen molar-refractivity contribution >= 4 is 44.5 Å². The number of hydrogen-bond acceptors (Lipinski definition) is 5. The minimum Gasteiger partial charge on any atom is -0.402 e. The van der Waals surface area contributed by atoms with Gasteiger partial charge in [-0.25, -0.2) is 15.0 Å². The van der Waals surface area contributed by atoms with Gasteiger partial charge in [0, 0.05) is 24.2 Å². The average Bonchev–Trinajstić information content (AvgIpc) is 2.58. The first-order chi connectivity index (χ1) is 7.65. The van der Waals surface area contributed by atoms with Crippen LogP contribution in [0.3, 0.4) is 0 Å². The molecule has 0 radical (unpaired) electrons. The molecule has 0 aliphatic rings. The summed E-state index contributed by atoms with van der Waals surface area (Å²) < 4.78 is 0.963. The molecule has 0 fully saturated rings. The van der Waals surface area contributed by atoms with Crippen LogP contribution in [0.4, 0.5) is 5.13 Å². The van der Waals surface area contributed by atoms with E-state index in [9.17, 15) is 0 Å². The van der Waals surface area contributed by atoms with Crippen LogP contribution < -0.4 is 5.73 Å². The second-order valence-corrected chi connectivity index (χ2v) is 4.56. The first kappa shape index (κ1) is 11.0. The van der Waals surface area contributed by atoms with Gasteiger partial charge in [-0.2, -0.15) is 0 Å². The van der Waals surface area contributed by atoms with Crippen LogP contribution in [-0.2, 0) is 0 Å². The first-order valence-corrected chi connectivity index (χ1v) is 5.73. The van der Waals surface area contributed by atoms with Crippen LogP contribution in [0, 0.1) is 0 Å². The van der Waals surface area contributed by atoms with E-state index in [2.05, 4.69) is 15.0 Å². The number of allylic oxidation sites excluding steroid dienone is 2. The highest BCUT2D eigenvalue weighted by Crippen LogP contribution is 2.28. The standard InChI is InChI=1S/C10H9ClN4S/c1-6(12)2-3-13-10-15-7-4-9(11)14-5-8(7)16-10/h2-5H,12H2,1H3/b6-2-,13-3+. The Balaban J connectivity index is 2.33. The Bertz CT molecular complexity index is 569. The largest absolute Gasteiger partial charge is 0.402 e. The molecule has 16 heavy (non-hydrogen) atoms. The van der Waals surface area contributed by atoms with Crippen molar-refractivity contribution in [3.63, 3.8) is 0 Å². The van der Waals surface area contributed by atoms with Gasteiger partial charge >= 0.3 is 0 Å². The molecule has 0 saturated carbocycles. The van der Waals surface area contributed by atoms with Gasteiger partial charge in [0.15, 0.2) is 0 Å². The smallest absolute Gasteiger partial charge is 0.210 e. The van der Waals surface area contributed by atoms with Gasteiger partial charge in [0.2, 0.25) is 5.13 Å². The molecule has 82 valence electrons. The Labute approximate surface area is 102 Å². The maximum Gasteiger partial charge on any atom is 0.210 e. The molecule has 0 aromatic carbocycles. The fourth-order valence-electron chi connectivity index (χ4n) is 1.07. The highest BCUT2D eigenvalue weighted by Gasteiger charge is 2.02. The van der Waals surface area contributed by atoms with Gasteiger partial charge < -0.3 is 5.73 Å². The SMILES string of the molecule is C/C(N)=C/C=N/c1nc2cc(Cl)ncc2s1. The lowest BCUT2D eigenvalue weighted by Gasteiger charge is -1.85. The molecule has 0 amide bonds. The van der Waals surface area contributed by atoms with Crippen molar-refractivity contribution in [3.8, 4) is 0 Å². The lowest BCUT2D eigenvalue weighted by atomic mass is 10.4. The van der Waals surface area contributed by atoms with Crippen LogP contribution >= 0.6 is 22.9 Å². The third-order valence-electron chi connectivity index (χ3n) is 1.75. The summed E-state index contributed by atoms with van der Waals surface area (Å²) in [5.74, 6) is 0. The number of halogens is 1. The highest BCUT2D eigenvalue weighted by molar-refractivity contribution is 7.21. The number of aromatic nitrogens is 2. The highest BCUT2D eigenvalue weighted by atomic mass is 35.5. The molecule has 2 aromatic heterocycles. The van der Waals surface area contributed by atoms with Gasteiger partial charge in [-0.15, -0.1) is 0 Å². The number of nitrogens with two attached hydrogens (primary N) is 1. The Kier molecular flexibility index (Phi) is 3.17. The van der Waals surface area contributed by atoms with Gasteiger partial charge in [-0.1, -0.05) is 22.9 Å². The van der Waals surface area contributed by atoms with Crippen molar-refractivity contribution in [1.82, 2.24) is 9.97 Å². The number of nitrogens with zero attached hydrogens (tertiary/aromatic N) is 3. The summed E-state index contributed by atoms with van der Waals surface area (Å²) >= 11 is 7.22. The molecule has 2 aromatic rings. The fraction of sp³-hybridized carbons (Fsp3) is 0.100. The Hall–Kier alpha value is -1.46. The maximum absolute atomic E-state index is 5.76. The zero-order valence-electron chi connectivity index (χ0n) is 8.51. The summed E-state index contributed by atoms with van der Waals surface area (Å²) in [5.41, 5.74) is 6.99. The molecule has 0 saturated heterocycles. The van der Waals surface area contributed by atoms with Crippen molar-refractivity contribution in [2.75, 3.05) is 0 Å². The molecule has 0 unspecified atom stereocenters. The molecular formula is C10H9ClN4S. The van der Waals surface area contributed by atoms with E-state index in [0.717, 1.165) is 10.2 Å². The van der Waals surface area contributed by atoms with Crippen molar-refractivity contribution in [2.24, 2.45) is 10.7 Å². The normalized spacial score (nSPS) is 12.8. The molecule has 0 bridgehead atoms. The van der Waals surface area contributed by atoms with Crippen molar-refractivity contribution in [2.45, 2.75) is 6.92 Å². The van der Waals surface area contributed by atoms with Gasteiger partial charge in [0.25, 0.3) is 0 Å². The average molecular weight is 253 g/mol. The van der Waals surface area contributed by atoms with Crippen LogP contribution in [0.25, 0.3) is 10.2 Å². The summed E-state index contributed by atoms with van der Waals surface area (Å²) in [4.78, 5) is 12.4. The van der Waals surface area contributed by atoms with E-state index < -0.39 is 0 Å². The molecule has 6 heteroatoms. The molecule has 0 aliphatic heterocycles. The van der Waals surface area contributed by atoms with E-state index in [1.54, 1.807) is 31.5 Å². The number of hydrogen-bond donors (Lipinski definition) is 1. The molecule has 0 atom stereocenters. The van der Waals surface area contributed by atoms with Crippen LogP contribution in [0.1, 0.15) is 6.92 Å². The number of rotatable bonds is 2. The summed E-state index contributed by atoms with van der Waals surface area (Å²) in [5, 5.41) is 1.10. The molecule has 0 aliphatic carbocycles. The van der Waals surface area contributed by atoms with Crippen LogP contribution in [0.2, 0.25) is 5.15 Å².